The highest BCUT2D eigenvalue weighted by Gasteiger charge is 2.40. The van der Waals surface area contributed by atoms with Crippen molar-refractivity contribution in [1.29, 1.82) is 0 Å². The molecule has 1 aromatic carbocycles. The topological polar surface area (TPSA) is 92.3 Å². The molecule has 0 spiro atoms. The first-order valence-corrected chi connectivity index (χ1v) is 16.0. The molecule has 0 heterocycles. The molecule has 232 valence electrons. The number of phosphoric acid groups is 1. The quantitative estimate of drug-likeness (QED) is 0.162. The molecule has 0 aliphatic rings. The summed E-state index contributed by atoms with van der Waals surface area (Å²) in [5, 5.41) is 3.72. The number of hydrogen-bond acceptors (Lipinski definition) is 7. The molecule has 0 bridgehead atoms. The maximum atomic E-state index is 13.7. The summed E-state index contributed by atoms with van der Waals surface area (Å²) in [6.45, 7) is 20.2. The number of alkyl carbamates (subject to hydrolysis) is 1. The van der Waals surface area contributed by atoms with Crippen molar-refractivity contribution in [1.82, 2.24) is 5.32 Å². The molecule has 0 fully saturated rings. The molecule has 0 aliphatic heterocycles. The van der Waals surface area contributed by atoms with Gasteiger partial charge in [-0.15, -0.1) is 0 Å². The van der Waals surface area contributed by atoms with E-state index in [1.54, 1.807) is 81.4 Å². The Bertz CT molecular complexity index is 972. The zero-order valence-electron chi connectivity index (χ0n) is 26.2. The van der Waals surface area contributed by atoms with E-state index < -0.39 is 36.3 Å². The van der Waals surface area contributed by atoms with Crippen molar-refractivity contribution in [2.75, 3.05) is 13.2 Å². The number of amides is 1. The van der Waals surface area contributed by atoms with E-state index in [0.29, 0.717) is 35.2 Å². The fourth-order valence-electron chi connectivity index (χ4n) is 3.53. The summed E-state index contributed by atoms with van der Waals surface area (Å²) >= 11 is 13.0. The number of halogens is 2. The fraction of sp³-hybridized carbons (Fsp3) is 0.759. The van der Waals surface area contributed by atoms with Gasteiger partial charge in [-0.2, -0.15) is 0 Å². The van der Waals surface area contributed by atoms with Crippen LogP contribution in [0.15, 0.2) is 12.1 Å². The third-order valence-corrected chi connectivity index (χ3v) is 7.68. The van der Waals surface area contributed by atoms with Gasteiger partial charge in [0.1, 0.15) is 5.60 Å². The van der Waals surface area contributed by atoms with Crippen molar-refractivity contribution < 1.29 is 32.4 Å². The smallest absolute Gasteiger partial charge is 0.475 e. The molecule has 8 nitrogen and oxygen atoms in total. The lowest BCUT2D eigenvalue weighted by atomic mass is 9.94. The Morgan fingerprint density at radius 2 is 1.40 bits per heavy atom. The Kier molecular flexibility index (Phi) is 13.8. The number of hydrogen-bond donors (Lipinski definition) is 1. The first-order valence-electron chi connectivity index (χ1n) is 13.8. The molecule has 1 atom stereocenters. The van der Waals surface area contributed by atoms with Crippen molar-refractivity contribution >= 4 is 37.1 Å². The van der Waals surface area contributed by atoms with Crippen LogP contribution < -0.4 is 10.1 Å². The van der Waals surface area contributed by atoms with Crippen LogP contribution in [0.3, 0.4) is 0 Å². The Morgan fingerprint density at radius 3 is 1.85 bits per heavy atom. The normalized spacial score (nSPS) is 14.5. The highest BCUT2D eigenvalue weighted by atomic mass is 35.5. The largest absolute Gasteiger partial charge is 0.490 e. The number of nitrogens with one attached hydrogen (secondary N) is 1. The molecular weight excluding hydrogens is 576 g/mol. The lowest BCUT2D eigenvalue weighted by Gasteiger charge is -2.35. The Labute approximate surface area is 251 Å². The molecule has 0 aromatic heterocycles. The molecule has 0 aliphatic carbocycles. The monoisotopic (exact) mass is 625 g/mol. The molecule has 0 saturated heterocycles. The molecular formula is C29H50Cl2NO7P. The summed E-state index contributed by atoms with van der Waals surface area (Å²) in [6, 6.07) is 3.60. The minimum absolute atomic E-state index is 0.171. The Hall–Kier alpha value is -1.02. The van der Waals surface area contributed by atoms with Gasteiger partial charge < -0.3 is 14.8 Å². The lowest BCUT2D eigenvalue weighted by molar-refractivity contribution is -0.00737. The van der Waals surface area contributed by atoms with Crippen LogP contribution in [-0.4, -0.2) is 41.6 Å². The zero-order valence-corrected chi connectivity index (χ0v) is 28.6. The predicted molar refractivity (Wildman–Crippen MR) is 163 cm³/mol. The maximum Gasteiger partial charge on any atom is 0.475 e. The van der Waals surface area contributed by atoms with Crippen molar-refractivity contribution in [3.05, 3.63) is 27.7 Å². The van der Waals surface area contributed by atoms with E-state index in [1.165, 1.54) is 0 Å². The predicted octanol–water partition coefficient (Wildman–Crippen LogP) is 9.53. The minimum Gasteiger partial charge on any atom is -0.490 e. The van der Waals surface area contributed by atoms with Gasteiger partial charge in [-0.3, -0.25) is 13.6 Å². The fourth-order valence-corrected chi connectivity index (χ4v) is 6.09. The number of unbranched alkanes of at least 4 members (excludes halogenated alkanes) is 2. The average molecular weight is 627 g/mol. The van der Waals surface area contributed by atoms with Crippen molar-refractivity contribution in [2.24, 2.45) is 0 Å². The van der Waals surface area contributed by atoms with Crippen LogP contribution in [0, 0.1) is 0 Å². The van der Waals surface area contributed by atoms with E-state index >= 15 is 0 Å². The second-order valence-electron chi connectivity index (χ2n) is 13.3. The van der Waals surface area contributed by atoms with Crippen molar-refractivity contribution in [3.63, 3.8) is 0 Å². The van der Waals surface area contributed by atoms with Crippen LogP contribution in [-0.2, 0) is 29.3 Å². The van der Waals surface area contributed by atoms with Gasteiger partial charge >= 0.3 is 13.9 Å². The summed E-state index contributed by atoms with van der Waals surface area (Å²) in [5.74, 6) is 0.459. The summed E-state index contributed by atoms with van der Waals surface area (Å²) in [5.41, 5.74) is -2.49. The zero-order chi connectivity index (χ0) is 31.0. The Balaban J connectivity index is 3.18. The number of phosphoric ester groups is 1. The number of ether oxygens (including phenoxy) is 2. The van der Waals surface area contributed by atoms with E-state index in [1.807, 2.05) is 0 Å². The molecule has 0 saturated carbocycles. The van der Waals surface area contributed by atoms with Gasteiger partial charge in [-0.05, 0) is 106 Å². The molecule has 11 heteroatoms. The van der Waals surface area contributed by atoms with Gasteiger partial charge in [0.15, 0.2) is 5.75 Å². The second kappa shape index (κ2) is 14.9. The van der Waals surface area contributed by atoms with Gasteiger partial charge in [-0.25, -0.2) is 9.36 Å². The summed E-state index contributed by atoms with van der Waals surface area (Å²) < 4.78 is 42.4. The average Bonchev–Trinajstić information content (AvgIpc) is 2.71. The minimum atomic E-state index is -4.03. The number of benzene rings is 1. The first kappa shape index (κ1) is 37.0. The number of carbonyl (C=O) groups excluding carboxylic acids is 1. The van der Waals surface area contributed by atoms with Crippen LogP contribution in [0.2, 0.25) is 10.0 Å². The van der Waals surface area contributed by atoms with Crippen molar-refractivity contribution in [2.45, 2.75) is 131 Å². The van der Waals surface area contributed by atoms with E-state index in [0.717, 1.165) is 24.8 Å². The standard InChI is InChI=1S/C29H50Cl2NO7P/c1-12-13-14-17-35-24-22(30)18-21(19-23(24)31)15-16-29(11,32-25(33)37-26(2,3)4)20-36-40(34,38-27(5,6)7)39-28(8,9)10/h18-19H,12-17,20H2,1-11H3,(H,32,33)/t29-/m1/s1. The first-order chi connectivity index (χ1) is 18.1. The van der Waals surface area contributed by atoms with Crippen LogP contribution >= 0.6 is 31.0 Å². The van der Waals surface area contributed by atoms with E-state index in [-0.39, 0.29) is 6.61 Å². The van der Waals surface area contributed by atoms with Gasteiger partial charge in [0.25, 0.3) is 0 Å². The highest BCUT2D eigenvalue weighted by molar-refractivity contribution is 7.48. The SMILES string of the molecule is CCCCCOc1c(Cl)cc(CC[C@](C)(COP(=O)(OC(C)(C)C)OC(C)(C)C)NC(=O)OC(C)(C)C)cc1Cl. The molecule has 1 amide bonds. The number of carbonyl (C=O) groups is 1. The molecule has 1 N–H and O–H groups in total. The molecule has 1 rings (SSSR count). The van der Waals surface area contributed by atoms with Crippen LogP contribution in [0.4, 0.5) is 4.79 Å². The maximum absolute atomic E-state index is 13.7. The van der Waals surface area contributed by atoms with E-state index in [2.05, 4.69) is 12.2 Å². The van der Waals surface area contributed by atoms with E-state index in [4.69, 9.17) is 46.2 Å². The molecule has 0 radical (unpaired) electrons. The van der Waals surface area contributed by atoms with Crippen LogP contribution in [0.25, 0.3) is 0 Å². The number of rotatable bonds is 14. The third kappa shape index (κ3) is 15.3. The lowest BCUT2D eigenvalue weighted by Crippen LogP contribution is -2.51. The summed E-state index contributed by atoms with van der Waals surface area (Å²) in [6.07, 6.45) is 3.28. The summed E-state index contributed by atoms with van der Waals surface area (Å²) in [4.78, 5) is 12.8. The molecule has 0 unspecified atom stereocenters. The third-order valence-electron chi connectivity index (χ3n) is 5.13. The van der Waals surface area contributed by atoms with Crippen LogP contribution in [0.1, 0.15) is 107 Å². The summed E-state index contributed by atoms with van der Waals surface area (Å²) in [7, 11) is -4.03. The van der Waals surface area contributed by atoms with Gasteiger partial charge in [-0.1, -0.05) is 43.0 Å². The van der Waals surface area contributed by atoms with Gasteiger partial charge in [0, 0.05) is 0 Å². The van der Waals surface area contributed by atoms with E-state index in [9.17, 15) is 9.36 Å². The highest BCUT2D eigenvalue weighted by Crippen LogP contribution is 2.55. The van der Waals surface area contributed by atoms with Gasteiger partial charge in [0.05, 0.1) is 40.0 Å². The molecule has 1 aromatic rings. The second-order valence-corrected chi connectivity index (χ2v) is 15.6. The molecule has 40 heavy (non-hydrogen) atoms. The Morgan fingerprint density at radius 1 is 0.875 bits per heavy atom. The van der Waals surface area contributed by atoms with Gasteiger partial charge in [0.2, 0.25) is 0 Å². The van der Waals surface area contributed by atoms with Crippen molar-refractivity contribution in [3.8, 4) is 5.75 Å². The number of aryl methyl sites for hydroxylation is 1. The van der Waals surface area contributed by atoms with Crippen LogP contribution in [0.5, 0.6) is 5.75 Å².